The Morgan fingerprint density at radius 2 is 1.81 bits per heavy atom. The number of alkyl halides is 3. The maximum absolute atomic E-state index is 14.0. The number of aliphatic hydroxyl groups is 1. The highest BCUT2D eigenvalue weighted by Crippen LogP contribution is 2.45. The molecule has 0 aliphatic heterocycles. The van der Waals surface area contributed by atoms with Crippen molar-refractivity contribution in [3.8, 4) is 5.75 Å². The molecule has 3 aromatic rings. The van der Waals surface area contributed by atoms with Crippen LogP contribution in [0.2, 0.25) is 0 Å². The zero-order valence-corrected chi connectivity index (χ0v) is 18.4. The summed E-state index contributed by atoms with van der Waals surface area (Å²) in [7, 11) is 1.36. The molecule has 4 nitrogen and oxygen atoms in total. The van der Waals surface area contributed by atoms with Crippen LogP contribution >= 0.6 is 12.4 Å². The smallest absolute Gasteiger partial charge is 0.417 e. The van der Waals surface area contributed by atoms with Gasteiger partial charge in [-0.15, -0.1) is 12.4 Å². The molecule has 0 saturated carbocycles. The maximum atomic E-state index is 14.0. The van der Waals surface area contributed by atoms with E-state index in [2.05, 4.69) is 9.97 Å². The molecule has 0 bridgehead atoms. The normalized spacial score (nSPS) is 14.2. The van der Waals surface area contributed by atoms with Gasteiger partial charge in [-0.1, -0.05) is 13.8 Å². The monoisotopic (exact) mass is 460 g/mol. The molecular formula is C22H25ClF4N2O2. The summed E-state index contributed by atoms with van der Waals surface area (Å²) in [4.78, 5) is 7.15. The van der Waals surface area contributed by atoms with Crippen LogP contribution in [0, 0.1) is 12.7 Å². The van der Waals surface area contributed by atoms with Crippen LogP contribution in [0.5, 0.6) is 5.75 Å². The Kier molecular flexibility index (Phi) is 6.97. The molecule has 0 radical (unpaired) electrons. The SMILES string of the molecule is COc1ccc(F)cc1C(C)(C)CC(O)(Cc1cc2cc(C)[nH]c2cn1)C(F)(F)F.Cl. The van der Waals surface area contributed by atoms with Crippen molar-refractivity contribution in [2.45, 2.75) is 50.8 Å². The minimum atomic E-state index is -4.92. The minimum Gasteiger partial charge on any atom is -0.496 e. The van der Waals surface area contributed by atoms with E-state index in [1.54, 1.807) is 6.07 Å². The fraction of sp³-hybridized carbons (Fsp3) is 0.409. The van der Waals surface area contributed by atoms with E-state index >= 15 is 0 Å². The first-order valence-corrected chi connectivity index (χ1v) is 9.42. The summed E-state index contributed by atoms with van der Waals surface area (Å²) in [6.45, 7) is 4.88. The third kappa shape index (κ3) is 5.13. The van der Waals surface area contributed by atoms with Crippen LogP contribution in [0.3, 0.4) is 0 Å². The summed E-state index contributed by atoms with van der Waals surface area (Å²) in [6, 6.07) is 7.01. The Balaban J connectivity index is 0.00000341. The number of halogens is 5. The molecule has 0 spiro atoms. The van der Waals surface area contributed by atoms with E-state index < -0.39 is 35.9 Å². The standard InChI is InChI=1S/C22H24F4N2O2.ClH/c1-13-7-14-8-16(27-11-18(14)28-13)10-21(29,22(24,25)26)12-20(2,3)17-9-15(23)5-6-19(17)30-4;/h5-9,11,28-29H,10,12H2,1-4H3;1H. The second-order valence-corrected chi connectivity index (χ2v) is 8.33. The largest absolute Gasteiger partial charge is 0.496 e. The summed E-state index contributed by atoms with van der Waals surface area (Å²) in [5, 5.41) is 11.5. The van der Waals surface area contributed by atoms with E-state index in [1.165, 1.54) is 45.4 Å². The highest BCUT2D eigenvalue weighted by Gasteiger charge is 2.56. The van der Waals surface area contributed by atoms with E-state index in [9.17, 15) is 22.7 Å². The van der Waals surface area contributed by atoms with E-state index in [-0.39, 0.29) is 29.4 Å². The first kappa shape index (κ1) is 24.9. The zero-order chi connectivity index (χ0) is 22.3. The predicted molar refractivity (Wildman–Crippen MR) is 113 cm³/mol. The number of aromatic nitrogens is 2. The number of nitrogens with zero attached hydrogens (tertiary/aromatic N) is 1. The summed E-state index contributed by atoms with van der Waals surface area (Å²) in [5.74, 6) is -0.336. The Hall–Kier alpha value is -2.32. The van der Waals surface area contributed by atoms with Gasteiger partial charge in [0.15, 0.2) is 5.60 Å². The summed E-state index contributed by atoms with van der Waals surface area (Å²) >= 11 is 0. The Labute approximate surface area is 184 Å². The maximum Gasteiger partial charge on any atom is 0.417 e. The average Bonchev–Trinajstić information content (AvgIpc) is 2.99. The van der Waals surface area contributed by atoms with Crippen molar-refractivity contribution in [2.24, 2.45) is 0 Å². The Bertz CT molecular complexity index is 1070. The van der Waals surface area contributed by atoms with Gasteiger partial charge >= 0.3 is 6.18 Å². The number of aromatic amines is 1. The number of ether oxygens (including phenoxy) is 1. The van der Waals surface area contributed by atoms with E-state index in [1.807, 2.05) is 6.92 Å². The zero-order valence-electron chi connectivity index (χ0n) is 17.6. The van der Waals surface area contributed by atoms with Gasteiger partial charge in [0, 0.05) is 28.8 Å². The van der Waals surface area contributed by atoms with Crippen LogP contribution in [0.4, 0.5) is 17.6 Å². The van der Waals surface area contributed by atoms with Crippen LogP contribution in [-0.4, -0.2) is 34.0 Å². The van der Waals surface area contributed by atoms with Crippen molar-refractivity contribution >= 4 is 23.3 Å². The van der Waals surface area contributed by atoms with Crippen LogP contribution in [0.25, 0.3) is 10.9 Å². The Morgan fingerprint density at radius 3 is 2.42 bits per heavy atom. The summed E-state index contributed by atoms with van der Waals surface area (Å²) in [5.41, 5.74) is -2.39. The molecular weight excluding hydrogens is 436 g/mol. The number of hydrogen-bond acceptors (Lipinski definition) is 3. The fourth-order valence-electron chi connectivity index (χ4n) is 3.92. The molecule has 2 N–H and O–H groups in total. The molecule has 0 aliphatic carbocycles. The van der Waals surface area contributed by atoms with Crippen molar-refractivity contribution in [1.29, 1.82) is 0 Å². The van der Waals surface area contributed by atoms with Gasteiger partial charge in [0.2, 0.25) is 0 Å². The number of fused-ring (bicyclic) bond motifs is 1. The minimum absolute atomic E-state index is 0. The highest BCUT2D eigenvalue weighted by molar-refractivity contribution is 5.85. The molecule has 9 heteroatoms. The van der Waals surface area contributed by atoms with E-state index in [0.29, 0.717) is 10.9 Å². The van der Waals surface area contributed by atoms with E-state index in [4.69, 9.17) is 4.74 Å². The number of hydrogen-bond donors (Lipinski definition) is 2. The van der Waals surface area contributed by atoms with Crippen molar-refractivity contribution in [1.82, 2.24) is 9.97 Å². The molecule has 3 rings (SSSR count). The van der Waals surface area contributed by atoms with Crippen LogP contribution < -0.4 is 4.74 Å². The average molecular weight is 461 g/mol. The predicted octanol–water partition coefficient (Wildman–Crippen LogP) is 5.64. The van der Waals surface area contributed by atoms with Gasteiger partial charge in [-0.3, -0.25) is 4.98 Å². The molecule has 2 heterocycles. The van der Waals surface area contributed by atoms with Crippen molar-refractivity contribution in [3.05, 3.63) is 59.3 Å². The van der Waals surface area contributed by atoms with Gasteiger partial charge in [0.05, 0.1) is 18.8 Å². The molecule has 0 aliphatic rings. The quantitative estimate of drug-likeness (QED) is 0.468. The summed E-state index contributed by atoms with van der Waals surface area (Å²) in [6.07, 6.45) is -4.89. The van der Waals surface area contributed by atoms with Crippen molar-refractivity contribution < 1.29 is 27.4 Å². The number of rotatable bonds is 6. The number of benzene rings is 1. The second kappa shape index (κ2) is 8.67. The van der Waals surface area contributed by atoms with Crippen LogP contribution in [-0.2, 0) is 11.8 Å². The molecule has 31 heavy (non-hydrogen) atoms. The lowest BCUT2D eigenvalue weighted by Crippen LogP contribution is -2.51. The molecule has 1 unspecified atom stereocenters. The van der Waals surface area contributed by atoms with Gasteiger partial charge in [-0.2, -0.15) is 13.2 Å². The number of methoxy groups -OCH3 is 1. The van der Waals surface area contributed by atoms with Gasteiger partial charge in [0.1, 0.15) is 11.6 Å². The molecule has 1 aromatic carbocycles. The lowest BCUT2D eigenvalue weighted by Gasteiger charge is -2.38. The lowest BCUT2D eigenvalue weighted by atomic mass is 9.73. The molecule has 0 saturated heterocycles. The lowest BCUT2D eigenvalue weighted by molar-refractivity contribution is -0.266. The molecule has 170 valence electrons. The molecule has 1 atom stereocenters. The second-order valence-electron chi connectivity index (χ2n) is 8.33. The van der Waals surface area contributed by atoms with Crippen molar-refractivity contribution in [3.63, 3.8) is 0 Å². The highest BCUT2D eigenvalue weighted by atomic mass is 35.5. The Morgan fingerprint density at radius 1 is 1.13 bits per heavy atom. The number of H-pyrrole nitrogens is 1. The number of pyridine rings is 1. The summed E-state index contributed by atoms with van der Waals surface area (Å²) < 4.78 is 61.1. The fourth-order valence-corrected chi connectivity index (χ4v) is 3.92. The molecule has 0 fully saturated rings. The first-order valence-electron chi connectivity index (χ1n) is 9.42. The van der Waals surface area contributed by atoms with Crippen LogP contribution in [0.1, 0.15) is 37.2 Å². The molecule has 0 amide bonds. The molecule has 2 aromatic heterocycles. The van der Waals surface area contributed by atoms with E-state index in [0.717, 1.165) is 11.8 Å². The van der Waals surface area contributed by atoms with Gasteiger partial charge in [0.25, 0.3) is 0 Å². The number of aryl methyl sites for hydroxylation is 1. The third-order valence-corrected chi connectivity index (χ3v) is 5.32. The van der Waals surface area contributed by atoms with Gasteiger partial charge in [-0.25, -0.2) is 4.39 Å². The van der Waals surface area contributed by atoms with Crippen LogP contribution in [0.15, 0.2) is 36.5 Å². The van der Waals surface area contributed by atoms with Crippen molar-refractivity contribution in [2.75, 3.05) is 7.11 Å². The van der Waals surface area contributed by atoms with Gasteiger partial charge < -0.3 is 14.8 Å². The topological polar surface area (TPSA) is 58.1 Å². The third-order valence-electron chi connectivity index (χ3n) is 5.32. The van der Waals surface area contributed by atoms with Gasteiger partial charge in [-0.05, 0) is 49.1 Å². The first-order chi connectivity index (χ1) is 13.8. The number of nitrogens with one attached hydrogen (secondary N) is 1.